The number of aromatic amines is 1. The fourth-order valence-electron chi connectivity index (χ4n) is 2.81. The summed E-state index contributed by atoms with van der Waals surface area (Å²) in [6.07, 6.45) is 0.351. The third-order valence-corrected chi connectivity index (χ3v) is 4.31. The first-order valence-electron chi connectivity index (χ1n) is 8.52. The second-order valence-corrected chi connectivity index (χ2v) is 6.20. The highest BCUT2D eigenvalue weighted by Gasteiger charge is 2.14. The van der Waals surface area contributed by atoms with Crippen LogP contribution in [0.5, 0.6) is 0 Å². The summed E-state index contributed by atoms with van der Waals surface area (Å²) in [7, 11) is 0. The number of carbonyl (C=O) groups is 1. The fraction of sp³-hybridized carbons (Fsp3) is 0.200. The largest absolute Gasteiger partial charge is 0.352 e. The highest BCUT2D eigenvalue weighted by molar-refractivity contribution is 5.76. The summed E-state index contributed by atoms with van der Waals surface area (Å²) < 4.78 is 27.9. The molecular formula is C20H19F2N3O2. The Balaban J connectivity index is 1.64. The zero-order valence-electron chi connectivity index (χ0n) is 14.8. The molecule has 27 heavy (non-hydrogen) atoms. The third kappa shape index (κ3) is 4.31. The Labute approximate surface area is 154 Å². The van der Waals surface area contributed by atoms with Crippen molar-refractivity contribution in [2.75, 3.05) is 0 Å². The van der Waals surface area contributed by atoms with Crippen LogP contribution in [0.15, 0.2) is 53.3 Å². The lowest BCUT2D eigenvalue weighted by atomic mass is 10.1. The summed E-state index contributed by atoms with van der Waals surface area (Å²) in [6.45, 7) is 1.84. The molecule has 1 heterocycles. The first-order chi connectivity index (χ1) is 13.0. The molecule has 1 amide bonds. The van der Waals surface area contributed by atoms with Crippen molar-refractivity contribution >= 4 is 5.91 Å². The van der Waals surface area contributed by atoms with Gasteiger partial charge in [-0.25, -0.2) is 13.5 Å². The lowest BCUT2D eigenvalue weighted by molar-refractivity contribution is -0.121. The van der Waals surface area contributed by atoms with E-state index in [1.54, 1.807) is 25.1 Å². The molecule has 1 aromatic heterocycles. The standard InChI is InChI=1S/C20H19F2N3O2/c1-13-17(20(27)25(24-13)16-8-6-15(21)7-9-16)10-11-19(26)23-12-14-4-2-3-5-18(14)22/h2-9,24H,10-12H2,1H3,(H,23,26). The van der Waals surface area contributed by atoms with Gasteiger partial charge in [-0.2, -0.15) is 0 Å². The number of amides is 1. The summed E-state index contributed by atoms with van der Waals surface area (Å²) in [5.41, 5.74) is 1.77. The molecule has 0 atom stereocenters. The van der Waals surface area contributed by atoms with E-state index < -0.39 is 0 Å². The van der Waals surface area contributed by atoms with Crippen LogP contribution in [0.2, 0.25) is 0 Å². The molecule has 2 aromatic carbocycles. The summed E-state index contributed by atoms with van der Waals surface area (Å²) in [5.74, 6) is -1.03. The molecule has 0 aliphatic carbocycles. The van der Waals surface area contributed by atoms with Gasteiger partial charge in [0.05, 0.1) is 5.69 Å². The van der Waals surface area contributed by atoms with Crippen LogP contribution in [0, 0.1) is 18.6 Å². The van der Waals surface area contributed by atoms with Crippen LogP contribution < -0.4 is 10.9 Å². The van der Waals surface area contributed by atoms with Crippen molar-refractivity contribution in [3.8, 4) is 5.69 Å². The topological polar surface area (TPSA) is 66.9 Å². The number of H-pyrrole nitrogens is 1. The summed E-state index contributed by atoms with van der Waals surface area (Å²) in [6, 6.07) is 11.8. The number of aromatic nitrogens is 2. The van der Waals surface area contributed by atoms with E-state index in [1.807, 2.05) is 0 Å². The second kappa shape index (κ2) is 7.99. The summed E-state index contributed by atoms with van der Waals surface area (Å²) in [5, 5.41) is 5.59. The van der Waals surface area contributed by atoms with Crippen LogP contribution in [0.4, 0.5) is 8.78 Å². The van der Waals surface area contributed by atoms with Gasteiger partial charge in [-0.05, 0) is 43.7 Å². The minimum Gasteiger partial charge on any atom is -0.352 e. The number of carbonyl (C=O) groups excluding carboxylic acids is 1. The van der Waals surface area contributed by atoms with E-state index in [2.05, 4.69) is 10.4 Å². The highest BCUT2D eigenvalue weighted by atomic mass is 19.1. The fourth-order valence-corrected chi connectivity index (χ4v) is 2.81. The van der Waals surface area contributed by atoms with Crippen LogP contribution in [0.1, 0.15) is 23.2 Å². The number of hydrogen-bond donors (Lipinski definition) is 2. The quantitative estimate of drug-likeness (QED) is 0.700. The lowest BCUT2D eigenvalue weighted by Gasteiger charge is -2.06. The molecule has 3 aromatic rings. The molecular weight excluding hydrogens is 352 g/mol. The summed E-state index contributed by atoms with van der Waals surface area (Å²) >= 11 is 0. The van der Waals surface area contributed by atoms with Crippen molar-refractivity contribution in [1.29, 1.82) is 0 Å². The Morgan fingerprint density at radius 2 is 1.81 bits per heavy atom. The van der Waals surface area contributed by atoms with E-state index in [0.717, 1.165) is 0 Å². The maximum atomic E-state index is 13.6. The lowest BCUT2D eigenvalue weighted by Crippen LogP contribution is -2.25. The number of halogens is 2. The molecule has 0 bridgehead atoms. The minimum absolute atomic E-state index is 0.0947. The highest BCUT2D eigenvalue weighted by Crippen LogP contribution is 2.10. The zero-order chi connectivity index (χ0) is 19.4. The molecule has 0 spiro atoms. The van der Waals surface area contributed by atoms with Gasteiger partial charge in [0, 0.05) is 29.8 Å². The van der Waals surface area contributed by atoms with Gasteiger partial charge in [0.1, 0.15) is 11.6 Å². The molecule has 0 aliphatic rings. The van der Waals surface area contributed by atoms with Gasteiger partial charge < -0.3 is 5.32 Å². The van der Waals surface area contributed by atoms with Gasteiger partial charge in [-0.15, -0.1) is 0 Å². The molecule has 3 rings (SSSR count). The van der Waals surface area contributed by atoms with Crippen molar-refractivity contribution in [1.82, 2.24) is 15.1 Å². The average molecular weight is 371 g/mol. The van der Waals surface area contributed by atoms with E-state index in [1.165, 1.54) is 35.0 Å². The zero-order valence-corrected chi connectivity index (χ0v) is 14.8. The van der Waals surface area contributed by atoms with E-state index in [-0.39, 0.29) is 42.5 Å². The van der Waals surface area contributed by atoms with Gasteiger partial charge >= 0.3 is 0 Å². The number of rotatable bonds is 6. The predicted octanol–water partition coefficient (Wildman–Crippen LogP) is 3.00. The number of hydrogen-bond acceptors (Lipinski definition) is 2. The predicted molar refractivity (Wildman–Crippen MR) is 97.7 cm³/mol. The molecule has 5 nitrogen and oxygen atoms in total. The van der Waals surface area contributed by atoms with Gasteiger partial charge in [-0.3, -0.25) is 14.7 Å². The molecule has 140 valence electrons. The van der Waals surface area contributed by atoms with Crippen molar-refractivity contribution in [2.24, 2.45) is 0 Å². The van der Waals surface area contributed by atoms with Crippen LogP contribution in [0.3, 0.4) is 0 Å². The summed E-state index contributed by atoms with van der Waals surface area (Å²) in [4.78, 5) is 24.6. The van der Waals surface area contributed by atoms with Crippen molar-refractivity contribution in [2.45, 2.75) is 26.3 Å². The monoisotopic (exact) mass is 371 g/mol. The Morgan fingerprint density at radius 3 is 2.52 bits per heavy atom. The Hall–Kier alpha value is -3.22. The number of nitrogens with zero attached hydrogens (tertiary/aromatic N) is 1. The molecule has 0 fully saturated rings. The molecule has 2 N–H and O–H groups in total. The molecule has 0 saturated heterocycles. The van der Waals surface area contributed by atoms with Crippen molar-refractivity contribution in [3.63, 3.8) is 0 Å². The van der Waals surface area contributed by atoms with E-state index in [9.17, 15) is 18.4 Å². The van der Waals surface area contributed by atoms with Gasteiger partial charge in [0.2, 0.25) is 5.91 Å². The molecule has 0 aliphatic heterocycles. The van der Waals surface area contributed by atoms with Gasteiger partial charge in [-0.1, -0.05) is 18.2 Å². The SMILES string of the molecule is Cc1[nH]n(-c2ccc(F)cc2)c(=O)c1CCC(=O)NCc1ccccc1F. The Kier molecular flexibility index (Phi) is 5.49. The molecule has 0 saturated carbocycles. The Morgan fingerprint density at radius 1 is 1.11 bits per heavy atom. The Bertz CT molecular complexity index is 1010. The van der Waals surface area contributed by atoms with E-state index in [4.69, 9.17) is 0 Å². The van der Waals surface area contributed by atoms with Crippen LogP contribution in [-0.4, -0.2) is 15.7 Å². The third-order valence-electron chi connectivity index (χ3n) is 4.31. The van der Waals surface area contributed by atoms with Crippen molar-refractivity contribution in [3.05, 3.63) is 87.3 Å². The first-order valence-corrected chi connectivity index (χ1v) is 8.52. The van der Waals surface area contributed by atoms with E-state index in [0.29, 0.717) is 22.5 Å². The number of aryl methyl sites for hydroxylation is 1. The molecule has 0 radical (unpaired) electrons. The first kappa shape index (κ1) is 18.6. The van der Waals surface area contributed by atoms with E-state index >= 15 is 0 Å². The van der Waals surface area contributed by atoms with Crippen LogP contribution in [0.25, 0.3) is 5.69 Å². The smallest absolute Gasteiger partial charge is 0.274 e. The van der Waals surface area contributed by atoms with Gasteiger partial charge in [0.25, 0.3) is 5.56 Å². The second-order valence-electron chi connectivity index (χ2n) is 6.20. The minimum atomic E-state index is -0.387. The molecule has 0 unspecified atom stereocenters. The van der Waals surface area contributed by atoms with Crippen LogP contribution >= 0.6 is 0 Å². The maximum Gasteiger partial charge on any atom is 0.274 e. The van der Waals surface area contributed by atoms with Crippen LogP contribution in [-0.2, 0) is 17.8 Å². The van der Waals surface area contributed by atoms with Crippen molar-refractivity contribution < 1.29 is 13.6 Å². The molecule has 7 heteroatoms. The maximum absolute atomic E-state index is 13.6. The average Bonchev–Trinajstić information content (AvgIpc) is 2.94. The normalized spacial score (nSPS) is 10.8. The number of benzene rings is 2. The van der Waals surface area contributed by atoms with Gasteiger partial charge in [0.15, 0.2) is 0 Å². The number of nitrogens with one attached hydrogen (secondary N) is 2.